The minimum atomic E-state index is 0.237. The Morgan fingerprint density at radius 3 is 2.71 bits per heavy atom. The van der Waals surface area contributed by atoms with E-state index in [9.17, 15) is 0 Å². The highest BCUT2D eigenvalue weighted by molar-refractivity contribution is 9.10. The number of hydrogen-bond donors (Lipinski definition) is 0. The first-order valence-corrected chi connectivity index (χ1v) is 5.46. The first-order valence-electron chi connectivity index (χ1n) is 4.67. The van der Waals surface area contributed by atoms with Crippen LogP contribution >= 0.6 is 15.9 Å². The van der Waals surface area contributed by atoms with E-state index in [0.29, 0.717) is 0 Å². The molecule has 0 spiro atoms. The van der Waals surface area contributed by atoms with Crippen molar-refractivity contribution in [1.82, 2.24) is 0 Å². The van der Waals surface area contributed by atoms with E-state index >= 15 is 0 Å². The fraction of sp³-hybridized carbons (Fsp3) is 0.455. The van der Waals surface area contributed by atoms with Crippen LogP contribution < -0.4 is 9.47 Å². The van der Waals surface area contributed by atoms with Gasteiger partial charge < -0.3 is 9.47 Å². The summed E-state index contributed by atoms with van der Waals surface area (Å²) in [5.74, 6) is 1.64. The molecular formula is C11H15BrO2. The maximum atomic E-state index is 5.66. The Morgan fingerprint density at radius 1 is 1.43 bits per heavy atom. The van der Waals surface area contributed by atoms with Gasteiger partial charge >= 0.3 is 0 Å². The number of benzene rings is 1. The minimum Gasteiger partial charge on any atom is -0.495 e. The Kier molecular flexibility index (Phi) is 4.26. The first kappa shape index (κ1) is 11.4. The minimum absolute atomic E-state index is 0.237. The standard InChI is InChI=1S/C11H15BrO2/c1-4-8(2)14-9-5-6-10(12)11(7-9)13-3/h5-8H,4H2,1-3H3/t8-/m1/s1. The molecule has 0 N–H and O–H groups in total. The summed E-state index contributed by atoms with van der Waals surface area (Å²) in [5, 5.41) is 0. The molecule has 78 valence electrons. The van der Waals surface area contributed by atoms with Gasteiger partial charge in [0.15, 0.2) is 0 Å². The second-order valence-corrected chi connectivity index (χ2v) is 3.99. The van der Waals surface area contributed by atoms with Crippen LogP contribution in [0.25, 0.3) is 0 Å². The lowest BCUT2D eigenvalue weighted by atomic mass is 10.3. The normalized spacial score (nSPS) is 12.3. The van der Waals surface area contributed by atoms with E-state index in [1.54, 1.807) is 7.11 Å². The number of halogens is 1. The van der Waals surface area contributed by atoms with Gasteiger partial charge in [-0.25, -0.2) is 0 Å². The zero-order chi connectivity index (χ0) is 10.6. The predicted octanol–water partition coefficient (Wildman–Crippen LogP) is 3.64. The van der Waals surface area contributed by atoms with Crippen molar-refractivity contribution in [2.24, 2.45) is 0 Å². The third-order valence-electron chi connectivity index (χ3n) is 2.03. The average molecular weight is 259 g/mol. The molecule has 1 atom stereocenters. The first-order chi connectivity index (χ1) is 6.67. The lowest BCUT2D eigenvalue weighted by Crippen LogP contribution is -2.09. The van der Waals surface area contributed by atoms with Crippen molar-refractivity contribution < 1.29 is 9.47 Å². The van der Waals surface area contributed by atoms with Gasteiger partial charge in [-0.05, 0) is 41.4 Å². The molecular weight excluding hydrogens is 244 g/mol. The Bertz CT molecular complexity index is 299. The summed E-state index contributed by atoms with van der Waals surface area (Å²) in [5.41, 5.74) is 0. The maximum Gasteiger partial charge on any atom is 0.136 e. The van der Waals surface area contributed by atoms with E-state index in [1.165, 1.54) is 0 Å². The van der Waals surface area contributed by atoms with E-state index in [2.05, 4.69) is 29.8 Å². The van der Waals surface area contributed by atoms with Gasteiger partial charge in [0.25, 0.3) is 0 Å². The fourth-order valence-electron chi connectivity index (χ4n) is 1.03. The Morgan fingerprint density at radius 2 is 2.14 bits per heavy atom. The third-order valence-corrected chi connectivity index (χ3v) is 2.69. The monoisotopic (exact) mass is 258 g/mol. The molecule has 0 unspecified atom stereocenters. The molecule has 0 fully saturated rings. The summed E-state index contributed by atoms with van der Waals surface area (Å²) < 4.78 is 11.8. The number of hydrogen-bond acceptors (Lipinski definition) is 2. The van der Waals surface area contributed by atoms with Crippen molar-refractivity contribution in [2.45, 2.75) is 26.4 Å². The van der Waals surface area contributed by atoms with Gasteiger partial charge in [-0.15, -0.1) is 0 Å². The molecule has 0 amide bonds. The predicted molar refractivity (Wildman–Crippen MR) is 61.1 cm³/mol. The molecule has 0 aromatic heterocycles. The topological polar surface area (TPSA) is 18.5 Å². The number of rotatable bonds is 4. The molecule has 0 bridgehead atoms. The Hall–Kier alpha value is -0.700. The summed E-state index contributed by atoms with van der Waals surface area (Å²) in [4.78, 5) is 0. The van der Waals surface area contributed by atoms with Gasteiger partial charge in [0, 0.05) is 6.07 Å². The van der Waals surface area contributed by atoms with Crippen molar-refractivity contribution in [3.63, 3.8) is 0 Å². The number of ether oxygens (including phenoxy) is 2. The quantitative estimate of drug-likeness (QED) is 0.821. The molecule has 0 saturated heterocycles. The van der Waals surface area contributed by atoms with Crippen LogP contribution in [0.4, 0.5) is 0 Å². The van der Waals surface area contributed by atoms with Crippen LogP contribution in [0.2, 0.25) is 0 Å². The molecule has 1 aromatic carbocycles. The molecule has 0 aliphatic rings. The molecule has 0 saturated carbocycles. The Balaban J connectivity index is 2.79. The van der Waals surface area contributed by atoms with E-state index in [4.69, 9.17) is 9.47 Å². The lowest BCUT2D eigenvalue weighted by Gasteiger charge is -2.13. The van der Waals surface area contributed by atoms with Crippen molar-refractivity contribution >= 4 is 15.9 Å². The van der Waals surface area contributed by atoms with Gasteiger partial charge in [0.05, 0.1) is 17.7 Å². The van der Waals surface area contributed by atoms with Crippen molar-refractivity contribution in [2.75, 3.05) is 7.11 Å². The van der Waals surface area contributed by atoms with Crippen LogP contribution in [-0.2, 0) is 0 Å². The van der Waals surface area contributed by atoms with Crippen LogP contribution in [0.1, 0.15) is 20.3 Å². The summed E-state index contributed by atoms with van der Waals surface area (Å²) in [7, 11) is 1.65. The smallest absolute Gasteiger partial charge is 0.136 e. The van der Waals surface area contributed by atoms with Crippen molar-refractivity contribution in [1.29, 1.82) is 0 Å². The number of methoxy groups -OCH3 is 1. The second-order valence-electron chi connectivity index (χ2n) is 3.13. The largest absolute Gasteiger partial charge is 0.495 e. The van der Waals surface area contributed by atoms with Gasteiger partial charge in [-0.3, -0.25) is 0 Å². The lowest BCUT2D eigenvalue weighted by molar-refractivity contribution is 0.216. The van der Waals surface area contributed by atoms with Gasteiger partial charge in [-0.1, -0.05) is 6.92 Å². The van der Waals surface area contributed by atoms with E-state index in [0.717, 1.165) is 22.4 Å². The van der Waals surface area contributed by atoms with Gasteiger partial charge in [0.1, 0.15) is 11.5 Å². The zero-order valence-electron chi connectivity index (χ0n) is 8.71. The van der Waals surface area contributed by atoms with Crippen LogP contribution in [0.3, 0.4) is 0 Å². The summed E-state index contributed by atoms with van der Waals surface area (Å²) in [6, 6.07) is 5.74. The highest BCUT2D eigenvalue weighted by Gasteiger charge is 2.04. The molecule has 2 nitrogen and oxygen atoms in total. The van der Waals surface area contributed by atoms with Crippen molar-refractivity contribution in [3.8, 4) is 11.5 Å². The summed E-state index contributed by atoms with van der Waals surface area (Å²) >= 11 is 3.39. The van der Waals surface area contributed by atoms with Crippen LogP contribution in [0.15, 0.2) is 22.7 Å². The SMILES string of the molecule is CC[C@@H](C)Oc1ccc(Br)c(OC)c1. The third kappa shape index (κ3) is 2.91. The molecule has 1 aromatic rings. The molecule has 0 radical (unpaired) electrons. The highest BCUT2D eigenvalue weighted by Crippen LogP contribution is 2.29. The molecule has 0 aliphatic carbocycles. The average Bonchev–Trinajstić information content (AvgIpc) is 2.20. The van der Waals surface area contributed by atoms with E-state index < -0.39 is 0 Å². The Labute approximate surface area is 93.4 Å². The van der Waals surface area contributed by atoms with Crippen molar-refractivity contribution in [3.05, 3.63) is 22.7 Å². The van der Waals surface area contributed by atoms with E-state index in [-0.39, 0.29) is 6.10 Å². The molecule has 0 aliphatic heterocycles. The molecule has 0 heterocycles. The highest BCUT2D eigenvalue weighted by atomic mass is 79.9. The van der Waals surface area contributed by atoms with Crippen LogP contribution in [0.5, 0.6) is 11.5 Å². The maximum absolute atomic E-state index is 5.66. The second kappa shape index (κ2) is 5.25. The molecule has 14 heavy (non-hydrogen) atoms. The van der Waals surface area contributed by atoms with Gasteiger partial charge in [-0.2, -0.15) is 0 Å². The summed E-state index contributed by atoms with van der Waals surface area (Å²) in [6.07, 6.45) is 1.24. The van der Waals surface area contributed by atoms with Crippen LogP contribution in [-0.4, -0.2) is 13.2 Å². The zero-order valence-corrected chi connectivity index (χ0v) is 10.3. The molecule has 1 rings (SSSR count). The van der Waals surface area contributed by atoms with E-state index in [1.807, 2.05) is 18.2 Å². The summed E-state index contributed by atoms with van der Waals surface area (Å²) in [6.45, 7) is 4.15. The molecule has 3 heteroatoms. The fourth-order valence-corrected chi connectivity index (χ4v) is 1.44. The van der Waals surface area contributed by atoms with Gasteiger partial charge in [0.2, 0.25) is 0 Å². The van der Waals surface area contributed by atoms with Crippen LogP contribution in [0, 0.1) is 0 Å².